The molecular formula is C34H31Cl2N3O2. The molecule has 0 saturated carbocycles. The molecule has 0 spiro atoms. The molecule has 0 aliphatic carbocycles. The van der Waals surface area contributed by atoms with Gasteiger partial charge in [0.15, 0.2) is 0 Å². The summed E-state index contributed by atoms with van der Waals surface area (Å²) < 4.78 is 5.94. The van der Waals surface area contributed by atoms with E-state index in [1.54, 1.807) is 6.07 Å². The number of anilines is 1. The van der Waals surface area contributed by atoms with Crippen molar-refractivity contribution < 1.29 is 9.84 Å². The van der Waals surface area contributed by atoms with E-state index in [0.717, 1.165) is 70.9 Å². The third-order valence-electron chi connectivity index (χ3n) is 7.51. The van der Waals surface area contributed by atoms with Crippen molar-refractivity contribution in [3.63, 3.8) is 0 Å². The standard InChI is InChI=1S/C34H31Cl2N3O2/c35-30-10-6-12-33(34(30)36)39-19-17-38(18-20-39)22-26(40)23-41-27-15-13-25(14-16-27)32-21-29(24-7-2-1-3-8-24)28-9-4-5-11-31(28)37-32/h1-16,21,26,40H,17-20,22-23H2. The van der Waals surface area contributed by atoms with Gasteiger partial charge in [0.2, 0.25) is 0 Å². The number of para-hydroxylation sites is 1. The number of benzene rings is 4. The molecule has 1 aliphatic heterocycles. The Morgan fingerprint density at radius 2 is 1.51 bits per heavy atom. The molecule has 5 nitrogen and oxygen atoms in total. The fourth-order valence-corrected chi connectivity index (χ4v) is 5.77. The van der Waals surface area contributed by atoms with Gasteiger partial charge in [-0.3, -0.25) is 4.90 Å². The Morgan fingerprint density at radius 3 is 2.29 bits per heavy atom. The summed E-state index contributed by atoms with van der Waals surface area (Å²) in [6.45, 7) is 4.09. The van der Waals surface area contributed by atoms with Crippen LogP contribution in [0.2, 0.25) is 10.0 Å². The molecule has 5 aromatic rings. The van der Waals surface area contributed by atoms with Gasteiger partial charge < -0.3 is 14.7 Å². The van der Waals surface area contributed by atoms with Gasteiger partial charge in [0.25, 0.3) is 0 Å². The zero-order valence-electron chi connectivity index (χ0n) is 22.6. The first kappa shape index (κ1) is 27.6. The van der Waals surface area contributed by atoms with Crippen molar-refractivity contribution in [3.05, 3.63) is 113 Å². The van der Waals surface area contributed by atoms with Crippen LogP contribution in [0.4, 0.5) is 5.69 Å². The minimum atomic E-state index is -0.591. The van der Waals surface area contributed by atoms with Crippen molar-refractivity contribution >= 4 is 39.8 Å². The second-order valence-corrected chi connectivity index (χ2v) is 11.1. The Hall–Kier alpha value is -3.61. The third kappa shape index (κ3) is 6.34. The molecule has 1 fully saturated rings. The number of halogens is 2. The first-order chi connectivity index (χ1) is 20.0. The minimum absolute atomic E-state index is 0.228. The largest absolute Gasteiger partial charge is 0.491 e. The number of aromatic nitrogens is 1. The zero-order valence-corrected chi connectivity index (χ0v) is 24.1. The molecule has 2 heterocycles. The lowest BCUT2D eigenvalue weighted by molar-refractivity contribution is 0.0663. The van der Waals surface area contributed by atoms with Gasteiger partial charge in [0.1, 0.15) is 18.5 Å². The van der Waals surface area contributed by atoms with Crippen molar-refractivity contribution in [2.24, 2.45) is 0 Å². The number of hydrogen-bond donors (Lipinski definition) is 1. The van der Waals surface area contributed by atoms with Gasteiger partial charge in [-0.1, -0.05) is 77.8 Å². The molecule has 0 radical (unpaired) electrons. The summed E-state index contributed by atoms with van der Waals surface area (Å²) in [5.74, 6) is 0.720. The van der Waals surface area contributed by atoms with Gasteiger partial charge in [-0.2, -0.15) is 0 Å². The first-order valence-electron chi connectivity index (χ1n) is 13.8. The third-order valence-corrected chi connectivity index (χ3v) is 8.32. The lowest BCUT2D eigenvalue weighted by atomic mass is 9.98. The number of fused-ring (bicyclic) bond motifs is 1. The van der Waals surface area contributed by atoms with E-state index in [2.05, 4.69) is 52.3 Å². The summed E-state index contributed by atoms with van der Waals surface area (Å²) >= 11 is 12.6. The van der Waals surface area contributed by atoms with Crippen molar-refractivity contribution in [1.29, 1.82) is 0 Å². The highest BCUT2D eigenvalue weighted by atomic mass is 35.5. The van der Waals surface area contributed by atoms with Crippen LogP contribution in [0.15, 0.2) is 103 Å². The Balaban J connectivity index is 1.06. The lowest BCUT2D eigenvalue weighted by Crippen LogP contribution is -2.49. The summed E-state index contributed by atoms with van der Waals surface area (Å²) in [4.78, 5) is 9.42. The fourth-order valence-electron chi connectivity index (χ4n) is 5.35. The maximum atomic E-state index is 10.7. The molecule has 6 rings (SSSR count). The number of hydrogen-bond acceptors (Lipinski definition) is 5. The van der Waals surface area contributed by atoms with Crippen molar-refractivity contribution in [1.82, 2.24) is 9.88 Å². The summed E-state index contributed by atoms with van der Waals surface area (Å²) in [6.07, 6.45) is -0.591. The number of aliphatic hydroxyl groups is 1. The number of β-amino-alcohol motifs (C(OH)–C–C–N with tert-alkyl or cyclic N) is 1. The molecule has 7 heteroatoms. The number of piperazine rings is 1. The van der Waals surface area contributed by atoms with E-state index in [-0.39, 0.29) is 6.61 Å². The lowest BCUT2D eigenvalue weighted by Gasteiger charge is -2.37. The molecule has 0 amide bonds. The quantitative estimate of drug-likeness (QED) is 0.206. The van der Waals surface area contributed by atoms with E-state index in [1.807, 2.05) is 54.6 Å². The van der Waals surface area contributed by atoms with Crippen LogP contribution in [0.25, 0.3) is 33.3 Å². The van der Waals surface area contributed by atoms with Crippen LogP contribution in [0, 0.1) is 0 Å². The Bertz CT molecular complexity index is 1620. The fraction of sp³-hybridized carbons (Fsp3) is 0.206. The second-order valence-electron chi connectivity index (χ2n) is 10.3. The molecule has 0 bridgehead atoms. The van der Waals surface area contributed by atoms with Crippen LogP contribution in [-0.4, -0.2) is 60.4 Å². The maximum Gasteiger partial charge on any atom is 0.119 e. The van der Waals surface area contributed by atoms with Crippen LogP contribution in [0.3, 0.4) is 0 Å². The molecule has 1 N–H and O–H groups in total. The highest BCUT2D eigenvalue weighted by Crippen LogP contribution is 2.34. The van der Waals surface area contributed by atoms with E-state index >= 15 is 0 Å². The normalized spacial score (nSPS) is 14.8. The van der Waals surface area contributed by atoms with Gasteiger partial charge in [0, 0.05) is 43.7 Å². The van der Waals surface area contributed by atoms with Crippen LogP contribution in [-0.2, 0) is 0 Å². The molecule has 1 aliphatic rings. The average Bonchev–Trinajstić information content (AvgIpc) is 3.02. The Labute approximate surface area is 250 Å². The molecule has 1 saturated heterocycles. The minimum Gasteiger partial charge on any atom is -0.491 e. The maximum absolute atomic E-state index is 10.7. The predicted octanol–water partition coefficient (Wildman–Crippen LogP) is 7.44. The SMILES string of the molecule is OC(COc1ccc(-c2cc(-c3ccccc3)c3ccccc3n2)cc1)CN1CCN(c2cccc(Cl)c2Cl)CC1. The number of aliphatic hydroxyl groups excluding tert-OH is 1. The summed E-state index contributed by atoms with van der Waals surface area (Å²) in [5, 5.41) is 13.0. The topological polar surface area (TPSA) is 48.8 Å². The van der Waals surface area contributed by atoms with E-state index in [0.29, 0.717) is 16.6 Å². The monoisotopic (exact) mass is 583 g/mol. The zero-order chi connectivity index (χ0) is 28.2. The summed E-state index contributed by atoms with van der Waals surface area (Å²) in [5.41, 5.74) is 6.16. The molecule has 41 heavy (non-hydrogen) atoms. The van der Waals surface area contributed by atoms with E-state index in [1.165, 1.54) is 0 Å². The molecule has 1 atom stereocenters. The average molecular weight is 585 g/mol. The van der Waals surface area contributed by atoms with Gasteiger partial charge in [-0.15, -0.1) is 0 Å². The van der Waals surface area contributed by atoms with Crippen molar-refractivity contribution in [2.45, 2.75) is 6.10 Å². The van der Waals surface area contributed by atoms with Crippen molar-refractivity contribution in [2.75, 3.05) is 44.2 Å². The van der Waals surface area contributed by atoms with E-state index < -0.39 is 6.10 Å². The number of pyridine rings is 1. The molecule has 208 valence electrons. The Morgan fingerprint density at radius 1 is 0.780 bits per heavy atom. The molecule has 1 aromatic heterocycles. The van der Waals surface area contributed by atoms with Crippen molar-refractivity contribution in [3.8, 4) is 28.1 Å². The van der Waals surface area contributed by atoms with E-state index in [9.17, 15) is 5.11 Å². The molecule has 4 aromatic carbocycles. The molecule has 1 unspecified atom stereocenters. The first-order valence-corrected chi connectivity index (χ1v) is 14.6. The van der Waals surface area contributed by atoms with Crippen LogP contribution in [0.5, 0.6) is 5.75 Å². The van der Waals surface area contributed by atoms with Gasteiger partial charge in [-0.25, -0.2) is 4.98 Å². The Kier molecular flexibility index (Phi) is 8.40. The molecular weight excluding hydrogens is 553 g/mol. The van der Waals surface area contributed by atoms with Gasteiger partial charge in [-0.05, 0) is 59.7 Å². The van der Waals surface area contributed by atoms with E-state index in [4.69, 9.17) is 32.9 Å². The summed E-state index contributed by atoms with van der Waals surface area (Å²) in [7, 11) is 0. The van der Waals surface area contributed by atoms with Gasteiger partial charge >= 0.3 is 0 Å². The number of rotatable bonds is 8. The highest BCUT2D eigenvalue weighted by Gasteiger charge is 2.21. The van der Waals surface area contributed by atoms with Crippen LogP contribution >= 0.6 is 23.2 Å². The van der Waals surface area contributed by atoms with Gasteiger partial charge in [0.05, 0.1) is 26.9 Å². The van der Waals surface area contributed by atoms with Crippen LogP contribution < -0.4 is 9.64 Å². The number of nitrogens with zero attached hydrogens (tertiary/aromatic N) is 3. The number of ether oxygens (including phenoxy) is 1. The predicted molar refractivity (Wildman–Crippen MR) is 169 cm³/mol. The highest BCUT2D eigenvalue weighted by molar-refractivity contribution is 6.43. The second kappa shape index (κ2) is 12.5. The summed E-state index contributed by atoms with van der Waals surface area (Å²) in [6, 6.07) is 34.4. The smallest absolute Gasteiger partial charge is 0.119 e. The van der Waals surface area contributed by atoms with Crippen LogP contribution in [0.1, 0.15) is 0 Å².